The Hall–Kier alpha value is -1.71. The van der Waals surface area contributed by atoms with Crippen LogP contribution in [0.4, 0.5) is 13.2 Å². The van der Waals surface area contributed by atoms with E-state index in [0.717, 1.165) is 19.3 Å². The van der Waals surface area contributed by atoms with E-state index in [1.807, 2.05) is 6.92 Å². The second-order valence-corrected chi connectivity index (χ2v) is 4.85. The first-order chi connectivity index (χ1) is 9.56. The Labute approximate surface area is 116 Å². The van der Waals surface area contributed by atoms with E-state index in [0.29, 0.717) is 12.0 Å². The summed E-state index contributed by atoms with van der Waals surface area (Å²) >= 11 is 0. The highest BCUT2D eigenvalue weighted by Crippen LogP contribution is 2.31. The van der Waals surface area contributed by atoms with Gasteiger partial charge in [-0.05, 0) is 30.4 Å². The van der Waals surface area contributed by atoms with Gasteiger partial charge in [-0.15, -0.1) is 0 Å². The summed E-state index contributed by atoms with van der Waals surface area (Å²) in [5.41, 5.74) is 0.285. The maximum atomic E-state index is 14.0. The van der Waals surface area contributed by atoms with Crippen molar-refractivity contribution < 1.29 is 17.9 Å². The van der Waals surface area contributed by atoms with Crippen molar-refractivity contribution in [3.8, 4) is 5.75 Å². The number of ether oxygens (including phenoxy) is 1. The molecule has 0 bridgehead atoms. The summed E-state index contributed by atoms with van der Waals surface area (Å²) in [7, 11) is 0. The highest BCUT2D eigenvalue weighted by atomic mass is 19.2. The van der Waals surface area contributed by atoms with Crippen molar-refractivity contribution in [1.29, 1.82) is 0 Å². The lowest BCUT2D eigenvalue weighted by Crippen LogP contribution is -2.02. The van der Waals surface area contributed by atoms with Crippen molar-refractivity contribution in [1.82, 2.24) is 0 Å². The maximum Gasteiger partial charge on any atom is 0.201 e. The number of hydrogen-bond donors (Lipinski definition) is 0. The topological polar surface area (TPSA) is 9.23 Å². The fourth-order valence-corrected chi connectivity index (χ4v) is 2.10. The van der Waals surface area contributed by atoms with Crippen LogP contribution < -0.4 is 4.74 Å². The molecule has 0 fully saturated rings. The normalized spacial score (nSPS) is 11.1. The Morgan fingerprint density at radius 3 is 2.45 bits per heavy atom. The average molecular weight is 282 g/mol. The Morgan fingerprint density at radius 1 is 1.00 bits per heavy atom. The molecule has 0 aromatic heterocycles. The lowest BCUT2D eigenvalue weighted by atomic mass is 10.1. The summed E-state index contributed by atoms with van der Waals surface area (Å²) in [4.78, 5) is 0. The third kappa shape index (κ3) is 2.74. The molecule has 0 aliphatic heterocycles. The van der Waals surface area contributed by atoms with Crippen LogP contribution >= 0.6 is 0 Å². The van der Waals surface area contributed by atoms with Gasteiger partial charge in [-0.1, -0.05) is 31.9 Å². The largest absolute Gasteiger partial charge is 0.490 e. The van der Waals surface area contributed by atoms with Crippen LogP contribution in [0, 0.1) is 24.4 Å². The summed E-state index contributed by atoms with van der Waals surface area (Å²) in [6.07, 6.45) is 2.76. The van der Waals surface area contributed by atoms with Crippen LogP contribution in [0.2, 0.25) is 0 Å². The number of rotatable bonds is 5. The van der Waals surface area contributed by atoms with Gasteiger partial charge < -0.3 is 4.74 Å². The molecule has 0 saturated heterocycles. The van der Waals surface area contributed by atoms with E-state index in [9.17, 15) is 13.2 Å². The molecule has 0 heterocycles. The summed E-state index contributed by atoms with van der Waals surface area (Å²) in [5, 5.41) is -0.0131. The van der Waals surface area contributed by atoms with Gasteiger partial charge in [-0.2, -0.15) is 4.39 Å². The van der Waals surface area contributed by atoms with E-state index in [1.165, 1.54) is 19.1 Å². The molecule has 0 aliphatic carbocycles. The smallest absolute Gasteiger partial charge is 0.201 e. The summed E-state index contributed by atoms with van der Waals surface area (Å²) in [6, 6.07) is 4.45. The minimum atomic E-state index is -1.19. The Kier molecular flexibility index (Phi) is 4.53. The van der Waals surface area contributed by atoms with E-state index < -0.39 is 17.5 Å². The minimum Gasteiger partial charge on any atom is -0.490 e. The maximum absolute atomic E-state index is 14.0. The molecule has 0 aliphatic rings. The molecule has 0 N–H and O–H groups in total. The van der Waals surface area contributed by atoms with Crippen molar-refractivity contribution in [3.05, 3.63) is 41.2 Å². The zero-order valence-corrected chi connectivity index (χ0v) is 11.6. The predicted octanol–water partition coefficient (Wildman–Crippen LogP) is 5.13. The monoisotopic (exact) mass is 282 g/mol. The second-order valence-electron chi connectivity index (χ2n) is 4.85. The molecule has 20 heavy (non-hydrogen) atoms. The van der Waals surface area contributed by atoms with E-state index in [-0.39, 0.29) is 16.7 Å². The van der Waals surface area contributed by atoms with E-state index in [1.54, 1.807) is 6.07 Å². The van der Waals surface area contributed by atoms with Gasteiger partial charge in [0.05, 0.1) is 12.0 Å². The van der Waals surface area contributed by atoms with Crippen LogP contribution in [0.25, 0.3) is 10.8 Å². The van der Waals surface area contributed by atoms with E-state index >= 15 is 0 Å². The summed E-state index contributed by atoms with van der Waals surface area (Å²) in [6.45, 7) is 3.88. The molecule has 2 aromatic carbocycles. The number of halogens is 3. The molecule has 2 rings (SSSR count). The van der Waals surface area contributed by atoms with Crippen molar-refractivity contribution in [2.24, 2.45) is 0 Å². The van der Waals surface area contributed by atoms with Crippen molar-refractivity contribution in [3.63, 3.8) is 0 Å². The quantitative estimate of drug-likeness (QED) is 0.690. The standard InChI is InChI=1S/C16H17F3O/c1-3-4-5-8-20-12-9-11-7-6-10(2)14(17)13(11)16(19)15(12)18/h6-7,9H,3-5,8H2,1-2H3. The van der Waals surface area contributed by atoms with Crippen molar-refractivity contribution >= 4 is 10.8 Å². The molecule has 108 valence electrons. The van der Waals surface area contributed by atoms with Crippen LogP contribution in [0.15, 0.2) is 18.2 Å². The fourth-order valence-electron chi connectivity index (χ4n) is 2.10. The molecular formula is C16H17F3O. The lowest BCUT2D eigenvalue weighted by Gasteiger charge is -2.11. The van der Waals surface area contributed by atoms with Gasteiger partial charge in [-0.25, -0.2) is 8.78 Å². The molecule has 0 saturated carbocycles. The SMILES string of the molecule is CCCCCOc1cc2ccc(C)c(F)c2c(F)c1F. The first-order valence-electron chi connectivity index (χ1n) is 6.75. The number of unbranched alkanes of at least 4 members (excludes halogenated alkanes) is 2. The Balaban J connectivity index is 2.39. The highest BCUT2D eigenvalue weighted by Gasteiger charge is 2.18. The first kappa shape index (κ1) is 14.7. The zero-order chi connectivity index (χ0) is 14.7. The van der Waals surface area contributed by atoms with Crippen molar-refractivity contribution in [2.75, 3.05) is 6.61 Å². The van der Waals surface area contributed by atoms with E-state index in [4.69, 9.17) is 4.74 Å². The van der Waals surface area contributed by atoms with Gasteiger partial charge in [-0.3, -0.25) is 0 Å². The molecule has 0 amide bonds. The first-order valence-corrected chi connectivity index (χ1v) is 6.75. The molecule has 1 nitrogen and oxygen atoms in total. The van der Waals surface area contributed by atoms with Gasteiger partial charge in [0.1, 0.15) is 5.82 Å². The van der Waals surface area contributed by atoms with Crippen LogP contribution in [-0.2, 0) is 0 Å². The van der Waals surface area contributed by atoms with E-state index in [2.05, 4.69) is 0 Å². The third-order valence-electron chi connectivity index (χ3n) is 3.29. The number of fused-ring (bicyclic) bond motifs is 1. The minimum absolute atomic E-state index is 0.158. The van der Waals surface area contributed by atoms with Gasteiger partial charge in [0.2, 0.25) is 5.82 Å². The molecule has 2 aromatic rings. The third-order valence-corrected chi connectivity index (χ3v) is 3.29. The Bertz CT molecular complexity index is 623. The predicted molar refractivity (Wildman–Crippen MR) is 73.6 cm³/mol. The summed E-state index contributed by atoms with van der Waals surface area (Å²) in [5.74, 6) is -3.20. The van der Waals surface area contributed by atoms with Crippen LogP contribution in [-0.4, -0.2) is 6.61 Å². The molecule has 4 heteroatoms. The molecule has 0 spiro atoms. The van der Waals surface area contributed by atoms with Gasteiger partial charge in [0.25, 0.3) is 0 Å². The van der Waals surface area contributed by atoms with Crippen LogP contribution in [0.5, 0.6) is 5.75 Å². The highest BCUT2D eigenvalue weighted by molar-refractivity contribution is 5.86. The molecule has 0 unspecified atom stereocenters. The zero-order valence-electron chi connectivity index (χ0n) is 11.6. The lowest BCUT2D eigenvalue weighted by molar-refractivity contribution is 0.287. The molecule has 0 atom stereocenters. The Morgan fingerprint density at radius 2 is 1.75 bits per heavy atom. The molecule has 0 radical (unpaired) electrons. The number of aryl methyl sites for hydroxylation is 1. The number of hydrogen-bond acceptors (Lipinski definition) is 1. The van der Waals surface area contributed by atoms with Gasteiger partial charge in [0, 0.05) is 0 Å². The van der Waals surface area contributed by atoms with Gasteiger partial charge >= 0.3 is 0 Å². The molecular weight excluding hydrogens is 265 g/mol. The van der Waals surface area contributed by atoms with Gasteiger partial charge in [0.15, 0.2) is 11.6 Å². The van der Waals surface area contributed by atoms with Crippen molar-refractivity contribution in [2.45, 2.75) is 33.1 Å². The average Bonchev–Trinajstić information content (AvgIpc) is 2.44. The van der Waals surface area contributed by atoms with Crippen LogP contribution in [0.1, 0.15) is 31.7 Å². The van der Waals surface area contributed by atoms with Crippen LogP contribution in [0.3, 0.4) is 0 Å². The second kappa shape index (κ2) is 6.16. The summed E-state index contributed by atoms with van der Waals surface area (Å²) < 4.78 is 47.0. The fraction of sp³-hybridized carbons (Fsp3) is 0.375. The number of benzene rings is 2.